The Morgan fingerprint density at radius 3 is 2.43 bits per heavy atom. The monoisotopic (exact) mass is 341 g/mol. The van der Waals surface area contributed by atoms with Crippen molar-refractivity contribution < 1.29 is 18.1 Å². The first-order valence-electron chi connectivity index (χ1n) is 7.19. The molecule has 0 spiro atoms. The summed E-state index contributed by atoms with van der Waals surface area (Å²) in [6, 6.07) is 5.01. The molecule has 1 fully saturated rings. The predicted octanol–water partition coefficient (Wildman–Crippen LogP) is 1.08. The predicted molar refractivity (Wildman–Crippen MR) is 83.3 cm³/mol. The summed E-state index contributed by atoms with van der Waals surface area (Å²) >= 11 is 0. The van der Waals surface area contributed by atoms with E-state index in [1.807, 2.05) is 0 Å². The van der Waals surface area contributed by atoms with Crippen molar-refractivity contribution in [1.29, 1.82) is 0 Å². The summed E-state index contributed by atoms with van der Waals surface area (Å²) in [6.07, 6.45) is 0.899. The number of hydrogen-bond acceptors (Lipinski definition) is 5. The maximum absolute atomic E-state index is 12.6. The molecule has 1 heterocycles. The lowest BCUT2D eigenvalue weighted by molar-refractivity contribution is -0.385. The van der Waals surface area contributed by atoms with Crippen LogP contribution in [0.15, 0.2) is 29.2 Å². The van der Waals surface area contributed by atoms with Gasteiger partial charge in [0.2, 0.25) is 15.9 Å². The summed E-state index contributed by atoms with van der Waals surface area (Å²) < 4.78 is 26.4. The van der Waals surface area contributed by atoms with Crippen molar-refractivity contribution in [3.05, 3.63) is 34.4 Å². The van der Waals surface area contributed by atoms with Crippen molar-refractivity contribution in [3.8, 4) is 0 Å². The molecule has 1 aliphatic rings. The fraction of sp³-hybridized carbons (Fsp3) is 0.500. The average Bonchev–Trinajstić information content (AvgIpc) is 2.54. The molecule has 0 aromatic heterocycles. The van der Waals surface area contributed by atoms with Crippen LogP contribution in [-0.4, -0.2) is 55.6 Å². The van der Waals surface area contributed by atoms with Gasteiger partial charge in [0.15, 0.2) is 0 Å². The number of hydrogen-bond donors (Lipinski definition) is 0. The Morgan fingerprint density at radius 2 is 1.91 bits per heavy atom. The third-order valence-electron chi connectivity index (χ3n) is 3.91. The molecule has 1 aromatic rings. The SMILES string of the molecule is CN(C)C(=O)C1CCN(S(=O)(=O)c2cccc([N+](=O)[O-])c2)CC1. The molecule has 9 heteroatoms. The van der Waals surface area contributed by atoms with Gasteiger partial charge in [0, 0.05) is 45.2 Å². The maximum Gasteiger partial charge on any atom is 0.270 e. The van der Waals surface area contributed by atoms with E-state index in [2.05, 4.69) is 0 Å². The minimum absolute atomic E-state index is 0.00241. The Hall–Kier alpha value is -2.00. The number of nitrogens with zero attached hydrogens (tertiary/aromatic N) is 3. The van der Waals surface area contributed by atoms with Crippen molar-refractivity contribution in [2.75, 3.05) is 27.2 Å². The van der Waals surface area contributed by atoms with Gasteiger partial charge in [-0.05, 0) is 18.9 Å². The molecule has 1 saturated heterocycles. The smallest absolute Gasteiger partial charge is 0.270 e. The number of non-ortho nitro benzene ring substituents is 1. The van der Waals surface area contributed by atoms with E-state index in [1.165, 1.54) is 27.4 Å². The number of carbonyl (C=O) groups excluding carboxylic acids is 1. The van der Waals surface area contributed by atoms with Gasteiger partial charge in [0.05, 0.1) is 9.82 Å². The summed E-state index contributed by atoms with van der Waals surface area (Å²) in [5, 5.41) is 10.8. The third kappa shape index (κ3) is 3.67. The second kappa shape index (κ2) is 6.63. The third-order valence-corrected chi connectivity index (χ3v) is 5.80. The Balaban J connectivity index is 2.15. The molecule has 2 rings (SSSR count). The summed E-state index contributed by atoms with van der Waals surface area (Å²) in [5.74, 6) is -0.182. The lowest BCUT2D eigenvalue weighted by Crippen LogP contribution is -2.42. The van der Waals surface area contributed by atoms with E-state index in [0.717, 1.165) is 6.07 Å². The number of nitro groups is 1. The highest BCUT2D eigenvalue weighted by molar-refractivity contribution is 7.89. The molecule has 1 aromatic carbocycles. The van der Waals surface area contributed by atoms with E-state index in [0.29, 0.717) is 12.8 Å². The molecule has 0 aliphatic carbocycles. The van der Waals surface area contributed by atoms with E-state index in [1.54, 1.807) is 14.1 Å². The van der Waals surface area contributed by atoms with Crippen LogP contribution in [0.25, 0.3) is 0 Å². The van der Waals surface area contributed by atoms with E-state index in [9.17, 15) is 23.3 Å². The van der Waals surface area contributed by atoms with E-state index in [4.69, 9.17) is 0 Å². The van der Waals surface area contributed by atoms with E-state index in [-0.39, 0.29) is 35.5 Å². The van der Waals surface area contributed by atoms with Crippen molar-refractivity contribution >= 4 is 21.6 Å². The van der Waals surface area contributed by atoms with E-state index < -0.39 is 14.9 Å². The second-order valence-electron chi connectivity index (χ2n) is 5.67. The summed E-state index contributed by atoms with van der Waals surface area (Å²) in [4.78, 5) is 23.5. The zero-order valence-electron chi connectivity index (χ0n) is 13.0. The lowest BCUT2D eigenvalue weighted by Gasteiger charge is -2.31. The van der Waals surface area contributed by atoms with Gasteiger partial charge in [-0.25, -0.2) is 8.42 Å². The van der Waals surface area contributed by atoms with Crippen molar-refractivity contribution in [1.82, 2.24) is 9.21 Å². The average molecular weight is 341 g/mol. The zero-order valence-corrected chi connectivity index (χ0v) is 13.8. The molecule has 0 atom stereocenters. The molecule has 1 aliphatic heterocycles. The molecule has 1 amide bonds. The number of amides is 1. The number of rotatable bonds is 4. The minimum atomic E-state index is -3.78. The van der Waals surface area contributed by atoms with Gasteiger partial charge in [0.1, 0.15) is 0 Å². The standard InChI is InChI=1S/C14H19N3O5S/c1-15(2)14(18)11-6-8-16(9-7-11)23(21,22)13-5-3-4-12(10-13)17(19)20/h3-5,10-11H,6-9H2,1-2H3. The van der Waals surface area contributed by atoms with Crippen LogP contribution in [0.3, 0.4) is 0 Å². The first kappa shape index (κ1) is 17.4. The summed E-state index contributed by atoms with van der Waals surface area (Å²) in [5.41, 5.74) is -0.260. The number of sulfonamides is 1. The van der Waals surface area contributed by atoms with Gasteiger partial charge >= 0.3 is 0 Å². The van der Waals surface area contributed by atoms with Gasteiger partial charge in [-0.2, -0.15) is 4.31 Å². The van der Waals surface area contributed by atoms with Crippen LogP contribution in [0, 0.1) is 16.0 Å². The minimum Gasteiger partial charge on any atom is -0.349 e. The number of piperidine rings is 1. The van der Waals surface area contributed by atoms with Crippen LogP contribution in [0.1, 0.15) is 12.8 Å². The van der Waals surface area contributed by atoms with Gasteiger partial charge < -0.3 is 4.90 Å². The van der Waals surface area contributed by atoms with Crippen LogP contribution in [0.5, 0.6) is 0 Å². The number of nitro benzene ring substituents is 1. The van der Waals surface area contributed by atoms with Crippen molar-refractivity contribution in [3.63, 3.8) is 0 Å². The zero-order chi connectivity index (χ0) is 17.2. The molecule has 0 saturated carbocycles. The molecule has 0 unspecified atom stereocenters. The molecule has 0 bridgehead atoms. The maximum atomic E-state index is 12.6. The molecular formula is C14H19N3O5S. The Kier molecular flexibility index (Phi) is 5.00. The number of carbonyl (C=O) groups is 1. The fourth-order valence-corrected chi connectivity index (χ4v) is 4.12. The lowest BCUT2D eigenvalue weighted by atomic mass is 9.97. The van der Waals surface area contributed by atoms with E-state index >= 15 is 0 Å². The van der Waals surface area contributed by atoms with Gasteiger partial charge in [-0.15, -0.1) is 0 Å². The quantitative estimate of drug-likeness (QED) is 0.602. The van der Waals surface area contributed by atoms with Gasteiger partial charge in [0.25, 0.3) is 5.69 Å². The summed E-state index contributed by atoms with van der Waals surface area (Å²) in [6.45, 7) is 0.463. The number of benzene rings is 1. The normalized spacial score (nSPS) is 17.0. The summed E-state index contributed by atoms with van der Waals surface area (Å²) in [7, 11) is -0.433. The molecule has 0 N–H and O–H groups in total. The second-order valence-corrected chi connectivity index (χ2v) is 7.60. The van der Waals surface area contributed by atoms with Crippen LogP contribution >= 0.6 is 0 Å². The molecule has 126 valence electrons. The topological polar surface area (TPSA) is 101 Å². The first-order valence-corrected chi connectivity index (χ1v) is 8.63. The fourth-order valence-electron chi connectivity index (χ4n) is 2.61. The van der Waals surface area contributed by atoms with Crippen LogP contribution in [-0.2, 0) is 14.8 Å². The largest absolute Gasteiger partial charge is 0.349 e. The Morgan fingerprint density at radius 1 is 1.30 bits per heavy atom. The van der Waals surface area contributed by atoms with Crippen molar-refractivity contribution in [2.24, 2.45) is 5.92 Å². The Bertz CT molecular complexity index is 709. The molecular weight excluding hydrogens is 322 g/mol. The Labute approximate surface area is 134 Å². The van der Waals surface area contributed by atoms with Gasteiger partial charge in [-0.1, -0.05) is 6.07 Å². The molecule has 8 nitrogen and oxygen atoms in total. The highest BCUT2D eigenvalue weighted by atomic mass is 32.2. The van der Waals surface area contributed by atoms with Gasteiger partial charge in [-0.3, -0.25) is 14.9 Å². The molecule has 23 heavy (non-hydrogen) atoms. The first-order chi connectivity index (χ1) is 10.7. The highest BCUT2D eigenvalue weighted by Crippen LogP contribution is 2.26. The van der Waals surface area contributed by atoms with Crippen LogP contribution < -0.4 is 0 Å². The van der Waals surface area contributed by atoms with Crippen LogP contribution in [0.4, 0.5) is 5.69 Å². The highest BCUT2D eigenvalue weighted by Gasteiger charge is 2.33. The molecule has 0 radical (unpaired) electrons. The van der Waals surface area contributed by atoms with Crippen LogP contribution in [0.2, 0.25) is 0 Å². The van der Waals surface area contributed by atoms with Crippen molar-refractivity contribution in [2.45, 2.75) is 17.7 Å².